The molecule has 1 aromatic carbocycles. The van der Waals surface area contributed by atoms with Crippen LogP contribution in [-0.4, -0.2) is 36.1 Å². The maximum absolute atomic E-state index is 12.6. The highest BCUT2D eigenvalue weighted by Crippen LogP contribution is 2.42. The highest BCUT2D eigenvalue weighted by molar-refractivity contribution is 6.07. The fraction of sp³-hybridized carbons (Fsp3) is 0.529. The van der Waals surface area contributed by atoms with Crippen LogP contribution in [0.5, 0.6) is 0 Å². The van der Waals surface area contributed by atoms with Gasteiger partial charge in [0, 0.05) is 5.56 Å². The van der Waals surface area contributed by atoms with Crippen LogP contribution in [0.25, 0.3) is 0 Å². The molecule has 3 amide bonds. The SMILES string of the molecule is C[NH+](Cc1ccc(C(F)(F)F)cc1)CN1C(=O)N[C@@](C)(C2CC2)C1=O. The Bertz CT molecular complexity index is 685. The van der Waals surface area contributed by atoms with Gasteiger partial charge in [-0.2, -0.15) is 13.2 Å². The molecule has 1 aliphatic heterocycles. The number of urea groups is 1. The Hall–Kier alpha value is -2.09. The quantitative estimate of drug-likeness (QED) is 0.784. The highest BCUT2D eigenvalue weighted by Gasteiger charge is 2.56. The van der Waals surface area contributed by atoms with E-state index in [4.69, 9.17) is 0 Å². The molecule has 1 saturated carbocycles. The van der Waals surface area contributed by atoms with E-state index < -0.39 is 23.3 Å². The summed E-state index contributed by atoms with van der Waals surface area (Å²) in [5.41, 5.74) is -0.795. The van der Waals surface area contributed by atoms with Gasteiger partial charge in [0.1, 0.15) is 12.1 Å². The fourth-order valence-corrected chi connectivity index (χ4v) is 3.28. The Labute approximate surface area is 143 Å². The summed E-state index contributed by atoms with van der Waals surface area (Å²) in [6.07, 6.45) is -2.49. The van der Waals surface area contributed by atoms with Crippen LogP contribution in [0.3, 0.4) is 0 Å². The van der Waals surface area contributed by atoms with Crippen LogP contribution in [-0.2, 0) is 17.5 Å². The summed E-state index contributed by atoms with van der Waals surface area (Å²) in [5.74, 6) is -0.0176. The standard InChI is InChI=1S/C17H20F3N3O2/c1-16(12-7-8-12)14(24)23(15(25)21-16)10-22(2)9-11-3-5-13(6-4-11)17(18,19)20/h3-6,12H,7-10H2,1-2H3,(H,21,25)/p+1/t16-/m0/s1. The molecule has 8 heteroatoms. The Morgan fingerprint density at radius 1 is 1.24 bits per heavy atom. The molecule has 1 aliphatic carbocycles. The second-order valence-corrected chi connectivity index (χ2v) is 7.13. The van der Waals surface area contributed by atoms with Crippen LogP contribution < -0.4 is 10.2 Å². The fourth-order valence-electron chi connectivity index (χ4n) is 3.28. The van der Waals surface area contributed by atoms with Crippen molar-refractivity contribution in [3.05, 3.63) is 35.4 Å². The van der Waals surface area contributed by atoms with Crippen molar-refractivity contribution in [3.63, 3.8) is 0 Å². The van der Waals surface area contributed by atoms with Crippen molar-refractivity contribution in [3.8, 4) is 0 Å². The number of halogens is 3. The number of hydrogen-bond donors (Lipinski definition) is 2. The van der Waals surface area contributed by atoms with Crippen LogP contribution in [0.1, 0.15) is 30.9 Å². The van der Waals surface area contributed by atoms with E-state index in [2.05, 4.69) is 5.32 Å². The molecule has 1 unspecified atom stereocenters. The molecule has 5 nitrogen and oxygen atoms in total. The number of alkyl halides is 3. The van der Waals surface area contributed by atoms with E-state index in [-0.39, 0.29) is 18.5 Å². The molecule has 0 aromatic heterocycles. The van der Waals surface area contributed by atoms with Crippen LogP contribution >= 0.6 is 0 Å². The molecule has 136 valence electrons. The summed E-state index contributed by atoms with van der Waals surface area (Å²) in [4.78, 5) is 26.7. The molecule has 2 fully saturated rings. The Morgan fingerprint density at radius 3 is 2.36 bits per heavy atom. The molecule has 1 aromatic rings. The van der Waals surface area contributed by atoms with E-state index in [1.165, 1.54) is 17.0 Å². The van der Waals surface area contributed by atoms with Crippen molar-refractivity contribution in [1.29, 1.82) is 0 Å². The normalized spacial score (nSPS) is 25.2. The van der Waals surface area contributed by atoms with Gasteiger partial charge in [-0.05, 0) is 37.8 Å². The average Bonchev–Trinajstić information content (AvgIpc) is 3.33. The molecular weight excluding hydrogens is 335 g/mol. The topological polar surface area (TPSA) is 53.9 Å². The van der Waals surface area contributed by atoms with E-state index in [0.29, 0.717) is 12.1 Å². The molecule has 25 heavy (non-hydrogen) atoms. The van der Waals surface area contributed by atoms with Gasteiger partial charge in [0.15, 0.2) is 6.67 Å². The van der Waals surface area contributed by atoms with Gasteiger partial charge in [-0.1, -0.05) is 12.1 Å². The minimum atomic E-state index is -4.36. The highest BCUT2D eigenvalue weighted by atomic mass is 19.4. The Balaban J connectivity index is 1.62. The predicted molar refractivity (Wildman–Crippen MR) is 83.4 cm³/mol. The van der Waals surface area contributed by atoms with Crippen molar-refractivity contribution >= 4 is 11.9 Å². The second-order valence-electron chi connectivity index (χ2n) is 7.13. The lowest BCUT2D eigenvalue weighted by Gasteiger charge is -2.22. The lowest BCUT2D eigenvalue weighted by atomic mass is 9.96. The van der Waals surface area contributed by atoms with Gasteiger partial charge in [0.05, 0.1) is 12.6 Å². The van der Waals surface area contributed by atoms with Gasteiger partial charge in [0.25, 0.3) is 5.91 Å². The lowest BCUT2D eigenvalue weighted by molar-refractivity contribution is -0.901. The number of rotatable bonds is 5. The van der Waals surface area contributed by atoms with Crippen LogP contribution in [0.2, 0.25) is 0 Å². The van der Waals surface area contributed by atoms with Crippen molar-refractivity contribution in [2.75, 3.05) is 13.7 Å². The average molecular weight is 356 g/mol. The minimum absolute atomic E-state index is 0.175. The van der Waals surface area contributed by atoms with Gasteiger partial charge in [0.2, 0.25) is 0 Å². The van der Waals surface area contributed by atoms with Gasteiger partial charge < -0.3 is 10.2 Å². The number of imide groups is 1. The third kappa shape index (κ3) is 3.49. The van der Waals surface area contributed by atoms with Gasteiger partial charge in [-0.15, -0.1) is 0 Å². The molecule has 3 rings (SSSR count). The smallest absolute Gasteiger partial charge is 0.323 e. The maximum Gasteiger partial charge on any atom is 0.416 e. The summed E-state index contributed by atoms with van der Waals surface area (Å²) < 4.78 is 37.8. The number of carbonyl (C=O) groups excluding carboxylic acids is 2. The molecule has 1 saturated heterocycles. The van der Waals surface area contributed by atoms with Crippen LogP contribution in [0.15, 0.2) is 24.3 Å². The van der Waals surface area contributed by atoms with Crippen molar-refractivity contribution in [1.82, 2.24) is 10.2 Å². The first-order valence-electron chi connectivity index (χ1n) is 8.23. The molecule has 0 spiro atoms. The molecule has 2 N–H and O–H groups in total. The van der Waals surface area contributed by atoms with E-state index >= 15 is 0 Å². The largest absolute Gasteiger partial charge is 0.416 e. The molecule has 0 bridgehead atoms. The van der Waals surface area contributed by atoms with Gasteiger partial charge >= 0.3 is 12.2 Å². The number of carbonyl (C=O) groups is 2. The number of nitrogens with zero attached hydrogens (tertiary/aromatic N) is 1. The van der Waals surface area contributed by atoms with E-state index in [1.807, 2.05) is 0 Å². The number of quaternary nitrogens is 1. The summed E-state index contributed by atoms with van der Waals surface area (Å²) >= 11 is 0. The van der Waals surface area contributed by atoms with Crippen molar-refractivity contribution < 1.29 is 27.7 Å². The first-order chi connectivity index (χ1) is 11.6. The number of amides is 3. The van der Waals surface area contributed by atoms with Crippen molar-refractivity contribution in [2.45, 2.75) is 38.0 Å². The third-order valence-corrected chi connectivity index (χ3v) is 4.91. The number of hydrogen-bond acceptors (Lipinski definition) is 2. The monoisotopic (exact) mass is 356 g/mol. The van der Waals surface area contributed by atoms with Crippen molar-refractivity contribution in [2.24, 2.45) is 5.92 Å². The second kappa shape index (κ2) is 6.01. The third-order valence-electron chi connectivity index (χ3n) is 4.91. The van der Waals surface area contributed by atoms with Gasteiger partial charge in [-0.25, -0.2) is 9.69 Å². The summed E-state index contributed by atoms with van der Waals surface area (Å²) in [5, 5.41) is 2.78. The summed E-state index contributed by atoms with van der Waals surface area (Å²) in [7, 11) is 1.80. The number of benzene rings is 1. The molecule has 0 radical (unpaired) electrons. The first kappa shape index (κ1) is 17.7. The zero-order chi connectivity index (χ0) is 18.4. The minimum Gasteiger partial charge on any atom is -0.323 e. The van der Waals surface area contributed by atoms with E-state index in [0.717, 1.165) is 29.9 Å². The molecule has 2 aliphatic rings. The first-order valence-corrected chi connectivity index (χ1v) is 8.23. The molecule has 1 heterocycles. The van der Waals surface area contributed by atoms with E-state index in [9.17, 15) is 22.8 Å². The summed E-state index contributed by atoms with van der Waals surface area (Å²) in [6.45, 7) is 2.35. The number of nitrogens with one attached hydrogen (secondary N) is 2. The van der Waals surface area contributed by atoms with Crippen LogP contribution in [0.4, 0.5) is 18.0 Å². The Kier molecular flexibility index (Phi) is 4.26. The maximum atomic E-state index is 12.6. The zero-order valence-corrected chi connectivity index (χ0v) is 14.1. The van der Waals surface area contributed by atoms with Crippen LogP contribution in [0, 0.1) is 5.92 Å². The predicted octanol–water partition coefficient (Wildman–Crippen LogP) is 1.40. The van der Waals surface area contributed by atoms with Gasteiger partial charge in [-0.3, -0.25) is 4.79 Å². The lowest BCUT2D eigenvalue weighted by Crippen LogP contribution is -3.09. The van der Waals surface area contributed by atoms with E-state index in [1.54, 1.807) is 14.0 Å². The molecule has 2 atom stereocenters. The molecular formula is C17H21F3N3O2+. The zero-order valence-electron chi connectivity index (χ0n) is 14.1. The Morgan fingerprint density at radius 2 is 1.84 bits per heavy atom. The summed E-state index contributed by atoms with van der Waals surface area (Å²) in [6, 6.07) is 4.53.